The van der Waals surface area contributed by atoms with Crippen molar-refractivity contribution in [2.75, 3.05) is 0 Å². The van der Waals surface area contributed by atoms with E-state index in [1.54, 1.807) is 6.07 Å². The summed E-state index contributed by atoms with van der Waals surface area (Å²) in [5.41, 5.74) is 0.633. The summed E-state index contributed by atoms with van der Waals surface area (Å²) in [4.78, 5) is 11.8. The van der Waals surface area contributed by atoms with Gasteiger partial charge in [0.2, 0.25) is 0 Å². The molecule has 2 aliphatic rings. The van der Waals surface area contributed by atoms with Gasteiger partial charge >= 0.3 is 7.12 Å². The van der Waals surface area contributed by atoms with Crippen molar-refractivity contribution < 1.29 is 18.5 Å². The third kappa shape index (κ3) is 1.92. The number of fused-ring (bicyclic) bond motifs is 1. The molecule has 0 N–H and O–H groups in total. The van der Waals surface area contributed by atoms with Gasteiger partial charge in [-0.05, 0) is 51.2 Å². The highest BCUT2D eigenvalue weighted by molar-refractivity contribution is 6.62. The van der Waals surface area contributed by atoms with E-state index in [2.05, 4.69) is 0 Å². The van der Waals surface area contributed by atoms with E-state index in [1.807, 2.05) is 27.7 Å². The van der Waals surface area contributed by atoms with Crippen LogP contribution in [-0.4, -0.2) is 24.1 Å². The van der Waals surface area contributed by atoms with Crippen LogP contribution in [0.25, 0.3) is 0 Å². The zero-order valence-electron chi connectivity index (χ0n) is 12.2. The van der Waals surface area contributed by atoms with Crippen LogP contribution in [0.3, 0.4) is 0 Å². The van der Waals surface area contributed by atoms with Crippen molar-refractivity contribution in [3.63, 3.8) is 0 Å². The molecular formula is C15H18BFO3. The first-order chi connectivity index (χ1) is 9.21. The minimum Gasteiger partial charge on any atom is -0.399 e. The molecule has 1 saturated heterocycles. The molecule has 1 fully saturated rings. The van der Waals surface area contributed by atoms with Gasteiger partial charge in [0.15, 0.2) is 5.78 Å². The molecule has 3 nitrogen and oxygen atoms in total. The van der Waals surface area contributed by atoms with Crippen molar-refractivity contribution in [1.82, 2.24) is 0 Å². The molecule has 1 aliphatic heterocycles. The number of Topliss-reactive ketones (excluding diaryl/α,β-unsaturated/α-hetero) is 1. The van der Waals surface area contributed by atoms with Crippen LogP contribution in [0, 0.1) is 5.82 Å². The molecule has 1 aromatic rings. The Bertz CT molecular complexity index is 579. The van der Waals surface area contributed by atoms with Crippen LogP contribution >= 0.6 is 0 Å². The Morgan fingerprint density at radius 2 is 1.70 bits per heavy atom. The van der Waals surface area contributed by atoms with E-state index in [4.69, 9.17) is 9.31 Å². The summed E-state index contributed by atoms with van der Waals surface area (Å²) in [6.07, 6.45) is 0.878. The Kier molecular flexibility index (Phi) is 2.86. The maximum atomic E-state index is 14.1. The summed E-state index contributed by atoms with van der Waals surface area (Å²) in [5, 5.41) is 0. The topological polar surface area (TPSA) is 35.5 Å². The van der Waals surface area contributed by atoms with Crippen molar-refractivity contribution in [2.45, 2.75) is 51.7 Å². The van der Waals surface area contributed by atoms with Gasteiger partial charge in [0.25, 0.3) is 0 Å². The van der Waals surface area contributed by atoms with Gasteiger partial charge in [-0.1, -0.05) is 6.07 Å². The normalized spacial score (nSPS) is 23.2. The lowest BCUT2D eigenvalue weighted by atomic mass is 9.77. The highest BCUT2D eigenvalue weighted by atomic mass is 19.1. The van der Waals surface area contributed by atoms with Gasteiger partial charge in [0.05, 0.1) is 11.2 Å². The lowest BCUT2D eigenvalue weighted by Crippen LogP contribution is -2.41. The standard InChI is InChI=1S/C15H18BFO3/c1-14(2)15(3,4)20-16(19-14)9-7-11-10(12(17)8-9)5-6-13(11)18/h7-8H,5-6H2,1-4H3. The van der Waals surface area contributed by atoms with Crippen LogP contribution in [-0.2, 0) is 15.7 Å². The fraction of sp³-hybridized carbons (Fsp3) is 0.533. The summed E-state index contributed by atoms with van der Waals surface area (Å²) >= 11 is 0. The van der Waals surface area contributed by atoms with E-state index in [1.165, 1.54) is 6.07 Å². The summed E-state index contributed by atoms with van der Waals surface area (Å²) in [6.45, 7) is 7.79. The van der Waals surface area contributed by atoms with E-state index >= 15 is 0 Å². The first kappa shape index (κ1) is 13.8. The molecule has 0 amide bonds. The number of ketones is 1. The van der Waals surface area contributed by atoms with E-state index in [0.717, 1.165) is 0 Å². The van der Waals surface area contributed by atoms with Crippen molar-refractivity contribution in [3.05, 3.63) is 29.1 Å². The lowest BCUT2D eigenvalue weighted by molar-refractivity contribution is 0.00578. The molecule has 5 heteroatoms. The SMILES string of the molecule is CC1(C)OB(c2cc(F)c3c(c2)C(=O)CC3)OC1(C)C. The van der Waals surface area contributed by atoms with Crippen LogP contribution in [0.1, 0.15) is 50.0 Å². The summed E-state index contributed by atoms with van der Waals surface area (Å²) in [7, 11) is -0.631. The van der Waals surface area contributed by atoms with Crippen molar-refractivity contribution in [3.8, 4) is 0 Å². The third-order valence-corrected chi connectivity index (χ3v) is 4.65. The molecule has 1 aliphatic carbocycles. The monoisotopic (exact) mass is 276 g/mol. The molecular weight excluding hydrogens is 258 g/mol. The molecule has 106 valence electrons. The van der Waals surface area contributed by atoms with E-state index in [0.29, 0.717) is 29.4 Å². The smallest absolute Gasteiger partial charge is 0.399 e. The molecule has 1 aromatic carbocycles. The zero-order valence-corrected chi connectivity index (χ0v) is 12.2. The third-order valence-electron chi connectivity index (χ3n) is 4.65. The number of carbonyl (C=O) groups is 1. The Balaban J connectivity index is 1.99. The van der Waals surface area contributed by atoms with E-state index in [-0.39, 0.29) is 11.6 Å². The Hall–Kier alpha value is -1.20. The quantitative estimate of drug-likeness (QED) is 0.738. The van der Waals surface area contributed by atoms with Gasteiger partial charge in [-0.15, -0.1) is 0 Å². The van der Waals surface area contributed by atoms with Crippen LogP contribution in [0.15, 0.2) is 12.1 Å². The molecule has 0 unspecified atom stereocenters. The fourth-order valence-electron chi connectivity index (χ4n) is 2.65. The highest BCUT2D eigenvalue weighted by Gasteiger charge is 2.52. The minimum absolute atomic E-state index is 0.00253. The Morgan fingerprint density at radius 1 is 1.10 bits per heavy atom. The Morgan fingerprint density at radius 3 is 2.30 bits per heavy atom. The second kappa shape index (κ2) is 4.15. The second-order valence-electron chi connectivity index (χ2n) is 6.54. The molecule has 0 bridgehead atoms. The molecule has 3 rings (SSSR count). The van der Waals surface area contributed by atoms with Gasteiger partial charge in [-0.2, -0.15) is 0 Å². The largest absolute Gasteiger partial charge is 0.494 e. The second-order valence-corrected chi connectivity index (χ2v) is 6.54. The zero-order chi connectivity index (χ0) is 14.7. The van der Waals surface area contributed by atoms with Crippen LogP contribution in [0.2, 0.25) is 0 Å². The predicted molar refractivity (Wildman–Crippen MR) is 74.8 cm³/mol. The average Bonchev–Trinajstić information content (AvgIpc) is 2.79. The van der Waals surface area contributed by atoms with Crippen LogP contribution in [0.5, 0.6) is 0 Å². The number of carbonyl (C=O) groups excluding carboxylic acids is 1. The average molecular weight is 276 g/mol. The van der Waals surface area contributed by atoms with Gasteiger partial charge in [0.1, 0.15) is 5.82 Å². The number of hydrogen-bond donors (Lipinski definition) is 0. The lowest BCUT2D eigenvalue weighted by Gasteiger charge is -2.32. The molecule has 0 spiro atoms. The van der Waals surface area contributed by atoms with Crippen LogP contribution < -0.4 is 5.46 Å². The van der Waals surface area contributed by atoms with Gasteiger partial charge in [0, 0.05) is 12.0 Å². The van der Waals surface area contributed by atoms with E-state index in [9.17, 15) is 9.18 Å². The first-order valence-electron chi connectivity index (χ1n) is 6.92. The van der Waals surface area contributed by atoms with E-state index < -0.39 is 18.3 Å². The minimum atomic E-state index is -0.631. The summed E-state index contributed by atoms with van der Waals surface area (Å²) in [5.74, 6) is -0.338. The first-order valence-corrected chi connectivity index (χ1v) is 6.92. The molecule has 0 radical (unpaired) electrons. The Labute approximate surface area is 118 Å². The number of halogens is 1. The number of rotatable bonds is 1. The molecule has 0 aromatic heterocycles. The maximum Gasteiger partial charge on any atom is 0.494 e. The van der Waals surface area contributed by atoms with Gasteiger partial charge in [-0.25, -0.2) is 4.39 Å². The maximum absolute atomic E-state index is 14.1. The summed E-state index contributed by atoms with van der Waals surface area (Å²) in [6, 6.07) is 3.15. The van der Waals surface area contributed by atoms with Crippen molar-refractivity contribution in [1.29, 1.82) is 0 Å². The van der Waals surface area contributed by atoms with Gasteiger partial charge in [-0.3, -0.25) is 4.79 Å². The number of benzene rings is 1. The van der Waals surface area contributed by atoms with Crippen LogP contribution in [0.4, 0.5) is 4.39 Å². The molecule has 20 heavy (non-hydrogen) atoms. The fourth-order valence-corrected chi connectivity index (χ4v) is 2.65. The molecule has 0 atom stereocenters. The molecule has 0 saturated carbocycles. The predicted octanol–water partition coefficient (Wildman–Crippen LogP) is 2.25. The molecule has 1 heterocycles. The van der Waals surface area contributed by atoms with Crippen molar-refractivity contribution in [2.24, 2.45) is 0 Å². The summed E-state index contributed by atoms with van der Waals surface area (Å²) < 4.78 is 25.9. The van der Waals surface area contributed by atoms with Gasteiger partial charge < -0.3 is 9.31 Å². The highest BCUT2D eigenvalue weighted by Crippen LogP contribution is 2.37. The number of hydrogen-bond acceptors (Lipinski definition) is 3. The van der Waals surface area contributed by atoms with Crippen molar-refractivity contribution >= 4 is 18.4 Å².